The third-order valence-electron chi connectivity index (χ3n) is 6.09. The van der Waals surface area contributed by atoms with E-state index in [1.54, 1.807) is 25.1 Å². The number of amides is 3. The monoisotopic (exact) mass is 425 g/mol. The molecule has 0 spiro atoms. The van der Waals surface area contributed by atoms with Crippen molar-refractivity contribution in [2.24, 2.45) is 0 Å². The second-order valence-electron chi connectivity index (χ2n) is 8.11. The van der Waals surface area contributed by atoms with E-state index in [4.69, 9.17) is 9.47 Å². The minimum Gasteiger partial charge on any atom is -0.490 e. The lowest BCUT2D eigenvalue weighted by molar-refractivity contribution is -0.130. The number of Topliss-reactive ketones (excluding diaryl/α,β-unsaturated/α-hetero) is 1. The molecule has 0 aliphatic carbocycles. The van der Waals surface area contributed by atoms with Crippen LogP contribution in [0.15, 0.2) is 24.3 Å². The molecule has 2 aliphatic rings. The minimum absolute atomic E-state index is 0.265. The van der Waals surface area contributed by atoms with E-state index < -0.39 is 17.5 Å². The van der Waals surface area contributed by atoms with Crippen LogP contribution in [0.25, 0.3) is 0 Å². The van der Waals surface area contributed by atoms with Crippen molar-refractivity contribution in [2.45, 2.75) is 46.2 Å². The van der Waals surface area contributed by atoms with Gasteiger partial charge in [-0.3, -0.25) is 14.5 Å². The van der Waals surface area contributed by atoms with Crippen LogP contribution in [-0.4, -0.2) is 46.9 Å². The number of hydrogen-bond acceptors (Lipinski definition) is 5. The molecule has 1 N–H and O–H groups in total. The summed E-state index contributed by atoms with van der Waals surface area (Å²) in [4.78, 5) is 39.9. The van der Waals surface area contributed by atoms with Crippen LogP contribution < -0.4 is 14.8 Å². The number of ketones is 1. The Morgan fingerprint density at radius 3 is 2.52 bits per heavy atom. The molecule has 31 heavy (non-hydrogen) atoms. The van der Waals surface area contributed by atoms with Crippen LogP contribution >= 0.6 is 0 Å². The Morgan fingerprint density at radius 2 is 1.84 bits per heavy atom. The number of imide groups is 1. The minimum atomic E-state index is -1.29. The van der Waals surface area contributed by atoms with Gasteiger partial charge in [0.1, 0.15) is 5.54 Å². The number of carbonyl (C=O) groups excluding carboxylic acids is 3. The highest BCUT2D eigenvalue weighted by molar-refractivity contribution is 6.11. The topological polar surface area (TPSA) is 89.9 Å². The molecule has 8 nitrogen and oxygen atoms in total. The van der Waals surface area contributed by atoms with Gasteiger partial charge in [-0.25, -0.2) is 4.79 Å². The third-order valence-corrected chi connectivity index (χ3v) is 6.09. The van der Waals surface area contributed by atoms with E-state index in [-0.39, 0.29) is 12.3 Å². The van der Waals surface area contributed by atoms with Gasteiger partial charge in [0.25, 0.3) is 5.91 Å². The maximum Gasteiger partial charge on any atom is 0.325 e. The third kappa shape index (κ3) is 3.45. The summed E-state index contributed by atoms with van der Waals surface area (Å²) in [5, 5.41) is 2.75. The van der Waals surface area contributed by atoms with E-state index in [2.05, 4.69) is 5.32 Å². The fourth-order valence-electron chi connectivity index (χ4n) is 4.31. The molecule has 2 aromatic rings. The molecule has 3 heterocycles. The van der Waals surface area contributed by atoms with E-state index in [0.29, 0.717) is 35.8 Å². The largest absolute Gasteiger partial charge is 0.490 e. The lowest BCUT2D eigenvalue weighted by atomic mass is 9.91. The van der Waals surface area contributed by atoms with Crippen molar-refractivity contribution in [1.82, 2.24) is 14.8 Å². The van der Waals surface area contributed by atoms with Gasteiger partial charge in [0.15, 0.2) is 17.3 Å². The number of hydrogen-bond donors (Lipinski definition) is 1. The number of carbonyl (C=O) groups is 3. The fraction of sp³-hybridized carbons (Fsp3) is 0.435. The predicted molar refractivity (Wildman–Crippen MR) is 114 cm³/mol. The number of nitrogens with zero attached hydrogens (tertiary/aromatic N) is 2. The molecule has 0 saturated carbocycles. The molecule has 1 atom stereocenters. The van der Waals surface area contributed by atoms with E-state index in [1.807, 2.05) is 31.4 Å². The van der Waals surface area contributed by atoms with Crippen molar-refractivity contribution in [2.75, 3.05) is 19.8 Å². The zero-order valence-electron chi connectivity index (χ0n) is 18.3. The number of aromatic nitrogens is 1. The Kier molecular flexibility index (Phi) is 5.24. The van der Waals surface area contributed by atoms with Gasteiger partial charge in [-0.05, 0) is 51.5 Å². The van der Waals surface area contributed by atoms with Gasteiger partial charge in [0, 0.05) is 29.9 Å². The summed E-state index contributed by atoms with van der Waals surface area (Å²) in [5.41, 5.74) is 1.63. The molecule has 0 bridgehead atoms. The number of nitrogens with one attached hydrogen (secondary N) is 1. The normalized spacial score (nSPS) is 20.6. The van der Waals surface area contributed by atoms with Gasteiger partial charge in [0.05, 0.1) is 19.8 Å². The summed E-state index contributed by atoms with van der Waals surface area (Å²) >= 11 is 0. The lowest BCUT2D eigenvalue weighted by Crippen LogP contribution is -2.41. The van der Waals surface area contributed by atoms with Crippen LogP contribution in [-0.2, 0) is 16.9 Å². The quantitative estimate of drug-likeness (QED) is 0.588. The molecule has 1 unspecified atom stereocenters. The first-order valence-electron chi connectivity index (χ1n) is 10.5. The van der Waals surface area contributed by atoms with Crippen molar-refractivity contribution >= 4 is 17.7 Å². The summed E-state index contributed by atoms with van der Waals surface area (Å²) < 4.78 is 13.4. The molecule has 1 fully saturated rings. The molecule has 4 rings (SSSR count). The van der Waals surface area contributed by atoms with Crippen LogP contribution in [0.5, 0.6) is 11.5 Å². The molecule has 8 heteroatoms. The highest BCUT2D eigenvalue weighted by atomic mass is 16.5. The second-order valence-corrected chi connectivity index (χ2v) is 8.11. The van der Waals surface area contributed by atoms with E-state index in [0.717, 1.165) is 29.3 Å². The molecule has 3 amide bonds. The summed E-state index contributed by atoms with van der Waals surface area (Å²) in [6.45, 7) is 8.97. The van der Waals surface area contributed by atoms with Gasteiger partial charge < -0.3 is 19.4 Å². The molecule has 1 aromatic carbocycles. The van der Waals surface area contributed by atoms with Crippen molar-refractivity contribution in [3.05, 3.63) is 46.8 Å². The maximum atomic E-state index is 13.3. The van der Waals surface area contributed by atoms with Crippen LogP contribution in [0.2, 0.25) is 0 Å². The van der Waals surface area contributed by atoms with Crippen molar-refractivity contribution in [1.29, 1.82) is 0 Å². The van der Waals surface area contributed by atoms with Gasteiger partial charge in [-0.15, -0.1) is 0 Å². The first-order chi connectivity index (χ1) is 14.8. The molecular formula is C23H27N3O5. The van der Waals surface area contributed by atoms with Crippen LogP contribution in [0.4, 0.5) is 4.79 Å². The molecule has 164 valence electrons. The number of rotatable bonds is 5. The summed E-state index contributed by atoms with van der Waals surface area (Å²) in [6, 6.07) is 6.43. The summed E-state index contributed by atoms with van der Waals surface area (Å²) in [5.74, 6) is 0.420. The zero-order chi connectivity index (χ0) is 22.3. The number of aryl methyl sites for hydroxylation is 1. The van der Waals surface area contributed by atoms with Crippen molar-refractivity contribution < 1.29 is 23.9 Å². The number of fused-ring (bicyclic) bond motifs is 1. The van der Waals surface area contributed by atoms with Gasteiger partial charge >= 0.3 is 6.03 Å². The smallest absolute Gasteiger partial charge is 0.325 e. The summed E-state index contributed by atoms with van der Waals surface area (Å²) in [7, 11) is 0. The maximum absolute atomic E-state index is 13.3. The average Bonchev–Trinajstić information content (AvgIpc) is 3.02. The van der Waals surface area contributed by atoms with Crippen molar-refractivity contribution in [3.63, 3.8) is 0 Å². The highest BCUT2D eigenvalue weighted by Crippen LogP contribution is 2.36. The zero-order valence-corrected chi connectivity index (χ0v) is 18.3. The average molecular weight is 425 g/mol. The highest BCUT2D eigenvalue weighted by Gasteiger charge is 2.50. The van der Waals surface area contributed by atoms with Gasteiger partial charge in [0.2, 0.25) is 0 Å². The Hall–Kier alpha value is -3.29. The summed E-state index contributed by atoms with van der Waals surface area (Å²) in [6.07, 6.45) is 0.769. The number of ether oxygens (including phenoxy) is 2. The standard InChI is InChI=1S/C23H27N3O5/c1-5-25-14(2)11-17(15(25)3)18(27)13-26-21(28)23(4,24-22(26)29)16-7-8-19-20(12-16)31-10-6-9-30-19/h7-8,11-12H,5-6,9-10,13H2,1-4H3,(H,24,29). The first kappa shape index (κ1) is 21.0. The first-order valence-corrected chi connectivity index (χ1v) is 10.5. The van der Waals surface area contributed by atoms with Crippen LogP contribution in [0.3, 0.4) is 0 Å². The Balaban J connectivity index is 1.59. The predicted octanol–water partition coefficient (Wildman–Crippen LogP) is 2.94. The second kappa shape index (κ2) is 7.76. The Bertz CT molecular complexity index is 1070. The molecule has 1 aromatic heterocycles. The number of benzene rings is 1. The van der Waals surface area contributed by atoms with E-state index in [1.165, 1.54) is 0 Å². The Labute approximate surface area is 181 Å². The van der Waals surface area contributed by atoms with E-state index >= 15 is 0 Å². The fourth-order valence-corrected chi connectivity index (χ4v) is 4.31. The van der Waals surface area contributed by atoms with Crippen LogP contribution in [0, 0.1) is 13.8 Å². The molecule has 0 radical (unpaired) electrons. The SMILES string of the molecule is CCn1c(C)cc(C(=O)CN2C(=O)NC(C)(c3ccc4c(c3)OCCCO4)C2=O)c1C. The van der Waals surface area contributed by atoms with Gasteiger partial charge in [-0.1, -0.05) is 6.07 Å². The Morgan fingerprint density at radius 1 is 1.13 bits per heavy atom. The molecule has 1 saturated heterocycles. The number of urea groups is 1. The molecular weight excluding hydrogens is 398 g/mol. The van der Waals surface area contributed by atoms with E-state index in [9.17, 15) is 14.4 Å². The van der Waals surface area contributed by atoms with Crippen molar-refractivity contribution in [3.8, 4) is 11.5 Å². The molecule has 2 aliphatic heterocycles. The lowest BCUT2D eigenvalue weighted by Gasteiger charge is -2.23. The van der Waals surface area contributed by atoms with Gasteiger partial charge in [-0.2, -0.15) is 0 Å². The van der Waals surface area contributed by atoms with Crippen LogP contribution in [0.1, 0.15) is 47.6 Å².